The molecule has 0 aromatic heterocycles. The Morgan fingerprint density at radius 3 is 2.35 bits per heavy atom. The van der Waals surface area contributed by atoms with Crippen molar-refractivity contribution >= 4 is 0 Å². The molecule has 1 fully saturated rings. The van der Waals surface area contributed by atoms with Gasteiger partial charge in [-0.3, -0.25) is 4.90 Å². The van der Waals surface area contributed by atoms with Crippen molar-refractivity contribution in [1.29, 1.82) is 0 Å². The molecule has 0 aromatic rings. The number of hydrogen-bond acceptors (Lipinski definition) is 2. The molecule has 1 heterocycles. The molecule has 1 N–H and O–H groups in total. The maximum Gasteiger partial charge on any atom is 0.401 e. The summed E-state index contributed by atoms with van der Waals surface area (Å²) in [6.45, 7) is 5.51. The number of nitrogens with zero attached hydrogens (tertiary/aromatic N) is 1. The highest BCUT2D eigenvalue weighted by molar-refractivity contribution is 4.80. The monoisotopic (exact) mass is 252 g/mol. The summed E-state index contributed by atoms with van der Waals surface area (Å²) in [4.78, 5) is 1.63. The second kappa shape index (κ2) is 6.59. The molecule has 0 bridgehead atoms. The van der Waals surface area contributed by atoms with Crippen molar-refractivity contribution in [2.45, 2.75) is 45.3 Å². The maximum atomic E-state index is 12.6. The van der Waals surface area contributed by atoms with Crippen LogP contribution in [0, 0.1) is 5.92 Å². The minimum atomic E-state index is -4.08. The van der Waals surface area contributed by atoms with E-state index in [0.29, 0.717) is 12.5 Å². The first-order chi connectivity index (χ1) is 7.92. The predicted octanol–water partition coefficient (Wildman–Crippen LogP) is 2.65. The standard InChI is InChI=1S/C12H23F3N2/c1-3-10(2)8-17(9-12(13,14)15)11-4-6-16-7-5-11/h10-11,16H,3-9H2,1-2H3. The molecule has 5 heteroatoms. The van der Waals surface area contributed by atoms with Gasteiger partial charge in [-0.1, -0.05) is 20.3 Å². The second-order valence-electron chi connectivity index (χ2n) is 5.04. The maximum absolute atomic E-state index is 12.6. The topological polar surface area (TPSA) is 15.3 Å². The van der Waals surface area contributed by atoms with Crippen molar-refractivity contribution in [1.82, 2.24) is 10.2 Å². The summed E-state index contributed by atoms with van der Waals surface area (Å²) in [6.07, 6.45) is -1.50. The van der Waals surface area contributed by atoms with Gasteiger partial charge in [0.15, 0.2) is 0 Å². The van der Waals surface area contributed by atoms with Gasteiger partial charge in [0.2, 0.25) is 0 Å². The summed E-state index contributed by atoms with van der Waals surface area (Å²) in [6, 6.07) is 0.0897. The Balaban J connectivity index is 2.56. The first-order valence-corrected chi connectivity index (χ1v) is 6.44. The molecule has 2 nitrogen and oxygen atoms in total. The lowest BCUT2D eigenvalue weighted by molar-refractivity contribution is -0.153. The smallest absolute Gasteiger partial charge is 0.317 e. The van der Waals surface area contributed by atoms with Crippen LogP contribution in [0.5, 0.6) is 0 Å². The molecule has 0 aromatic carbocycles. The van der Waals surface area contributed by atoms with Gasteiger partial charge in [0.1, 0.15) is 0 Å². The highest BCUT2D eigenvalue weighted by Crippen LogP contribution is 2.22. The normalized spacial score (nSPS) is 20.8. The zero-order valence-electron chi connectivity index (χ0n) is 10.7. The first-order valence-electron chi connectivity index (χ1n) is 6.44. The Morgan fingerprint density at radius 2 is 1.88 bits per heavy atom. The number of halogens is 3. The second-order valence-corrected chi connectivity index (χ2v) is 5.04. The van der Waals surface area contributed by atoms with Crippen molar-refractivity contribution in [2.24, 2.45) is 5.92 Å². The molecule has 0 saturated carbocycles. The molecule has 1 atom stereocenters. The SMILES string of the molecule is CCC(C)CN(CC(F)(F)F)C1CCNCC1. The van der Waals surface area contributed by atoms with Gasteiger partial charge in [-0.25, -0.2) is 0 Å². The van der Waals surface area contributed by atoms with Crippen molar-refractivity contribution in [3.05, 3.63) is 0 Å². The van der Waals surface area contributed by atoms with Crippen molar-refractivity contribution < 1.29 is 13.2 Å². The van der Waals surface area contributed by atoms with Crippen LogP contribution in [0.3, 0.4) is 0 Å². The van der Waals surface area contributed by atoms with Crippen molar-refractivity contribution in [3.63, 3.8) is 0 Å². The molecule has 0 spiro atoms. The van der Waals surface area contributed by atoms with Crippen LogP contribution in [-0.4, -0.2) is 43.3 Å². The van der Waals surface area contributed by atoms with Crippen LogP contribution < -0.4 is 5.32 Å². The molecule has 1 saturated heterocycles. The summed E-state index contributed by atoms with van der Waals surface area (Å²) in [5, 5.41) is 3.19. The number of piperidine rings is 1. The fraction of sp³-hybridized carbons (Fsp3) is 1.00. The van der Waals surface area contributed by atoms with Gasteiger partial charge in [-0.05, 0) is 31.8 Å². The largest absolute Gasteiger partial charge is 0.401 e. The zero-order chi connectivity index (χ0) is 12.9. The van der Waals surface area contributed by atoms with Crippen LogP contribution in [0.1, 0.15) is 33.1 Å². The van der Waals surface area contributed by atoms with E-state index in [9.17, 15) is 13.2 Å². The number of hydrogen-bond donors (Lipinski definition) is 1. The lowest BCUT2D eigenvalue weighted by Gasteiger charge is -2.36. The van der Waals surface area contributed by atoms with Gasteiger partial charge in [-0.2, -0.15) is 13.2 Å². The van der Waals surface area contributed by atoms with E-state index in [0.717, 1.165) is 32.4 Å². The minimum Gasteiger partial charge on any atom is -0.317 e. The van der Waals surface area contributed by atoms with E-state index < -0.39 is 12.7 Å². The lowest BCUT2D eigenvalue weighted by Crippen LogP contribution is -2.48. The highest BCUT2D eigenvalue weighted by atomic mass is 19.4. The number of rotatable bonds is 5. The number of alkyl halides is 3. The predicted molar refractivity (Wildman–Crippen MR) is 63.0 cm³/mol. The lowest BCUT2D eigenvalue weighted by atomic mass is 10.0. The van der Waals surface area contributed by atoms with Crippen LogP contribution in [-0.2, 0) is 0 Å². The Kier molecular flexibility index (Phi) is 5.73. The third-order valence-electron chi connectivity index (χ3n) is 3.45. The molecular weight excluding hydrogens is 229 g/mol. The van der Waals surface area contributed by atoms with Crippen molar-refractivity contribution in [3.8, 4) is 0 Å². The summed E-state index contributed by atoms with van der Waals surface area (Å²) in [5.74, 6) is 0.326. The number of nitrogens with one attached hydrogen (secondary N) is 1. The van der Waals surface area contributed by atoms with E-state index in [1.165, 1.54) is 0 Å². The third-order valence-corrected chi connectivity index (χ3v) is 3.45. The van der Waals surface area contributed by atoms with Crippen LogP contribution in [0.25, 0.3) is 0 Å². The van der Waals surface area contributed by atoms with Gasteiger partial charge >= 0.3 is 6.18 Å². The molecule has 1 aliphatic heterocycles. The summed E-state index contributed by atoms with van der Waals surface area (Å²) >= 11 is 0. The minimum absolute atomic E-state index is 0.0897. The zero-order valence-corrected chi connectivity index (χ0v) is 10.7. The third kappa shape index (κ3) is 5.73. The van der Waals surface area contributed by atoms with Crippen LogP contribution >= 0.6 is 0 Å². The fourth-order valence-electron chi connectivity index (χ4n) is 2.27. The Morgan fingerprint density at radius 1 is 1.29 bits per heavy atom. The summed E-state index contributed by atoms with van der Waals surface area (Å²) in [7, 11) is 0. The molecule has 0 radical (unpaired) electrons. The van der Waals surface area contributed by atoms with Crippen LogP contribution in [0.15, 0.2) is 0 Å². The van der Waals surface area contributed by atoms with E-state index in [2.05, 4.69) is 5.32 Å². The summed E-state index contributed by atoms with van der Waals surface area (Å²) < 4.78 is 37.7. The molecule has 0 amide bonds. The highest BCUT2D eigenvalue weighted by Gasteiger charge is 2.34. The van der Waals surface area contributed by atoms with Crippen LogP contribution in [0.4, 0.5) is 13.2 Å². The summed E-state index contributed by atoms with van der Waals surface area (Å²) in [5.41, 5.74) is 0. The van der Waals surface area contributed by atoms with E-state index >= 15 is 0 Å². The Labute approximate surface area is 102 Å². The van der Waals surface area contributed by atoms with E-state index in [-0.39, 0.29) is 6.04 Å². The average Bonchev–Trinajstić information content (AvgIpc) is 2.27. The Bertz CT molecular complexity index is 212. The van der Waals surface area contributed by atoms with Gasteiger partial charge in [0.25, 0.3) is 0 Å². The van der Waals surface area contributed by atoms with E-state index in [1.54, 1.807) is 4.90 Å². The fourth-order valence-corrected chi connectivity index (χ4v) is 2.27. The molecular formula is C12H23F3N2. The average molecular weight is 252 g/mol. The van der Waals surface area contributed by atoms with Crippen LogP contribution in [0.2, 0.25) is 0 Å². The molecule has 1 unspecified atom stereocenters. The van der Waals surface area contributed by atoms with Crippen molar-refractivity contribution in [2.75, 3.05) is 26.2 Å². The molecule has 0 aliphatic carbocycles. The quantitative estimate of drug-likeness (QED) is 0.809. The molecule has 1 aliphatic rings. The van der Waals surface area contributed by atoms with Gasteiger partial charge < -0.3 is 5.32 Å². The Hall–Kier alpha value is -0.290. The van der Waals surface area contributed by atoms with Gasteiger partial charge in [0, 0.05) is 12.6 Å². The van der Waals surface area contributed by atoms with Gasteiger partial charge in [0.05, 0.1) is 6.54 Å². The van der Waals surface area contributed by atoms with E-state index in [1.807, 2.05) is 13.8 Å². The van der Waals surface area contributed by atoms with E-state index in [4.69, 9.17) is 0 Å². The molecule has 17 heavy (non-hydrogen) atoms. The molecule has 102 valence electrons. The molecule has 1 rings (SSSR count). The van der Waals surface area contributed by atoms with Gasteiger partial charge in [-0.15, -0.1) is 0 Å². The first kappa shape index (κ1) is 14.8.